The van der Waals surface area contributed by atoms with Crippen LogP contribution in [-0.4, -0.2) is 4.98 Å². The molecule has 0 N–H and O–H groups in total. The van der Waals surface area contributed by atoms with Crippen LogP contribution in [0.3, 0.4) is 0 Å². The predicted octanol–water partition coefficient (Wildman–Crippen LogP) is 4.69. The third kappa shape index (κ3) is 2.73. The van der Waals surface area contributed by atoms with E-state index < -0.39 is 11.1 Å². The molecule has 1 heterocycles. The van der Waals surface area contributed by atoms with Gasteiger partial charge in [0, 0.05) is 16.8 Å². The molecule has 0 aliphatic rings. The SMILES string of the molecule is FC(F)(Cl)c1ncccc1-c1ccc(Cl)cc1. The number of nitrogens with zero attached hydrogens (tertiary/aromatic N) is 1. The zero-order valence-corrected chi connectivity index (χ0v) is 10.0. The van der Waals surface area contributed by atoms with Crippen LogP contribution in [0.25, 0.3) is 11.1 Å². The second kappa shape index (κ2) is 4.59. The maximum atomic E-state index is 13.2. The van der Waals surface area contributed by atoms with Gasteiger partial charge in [-0.3, -0.25) is 4.98 Å². The highest BCUT2D eigenvalue weighted by atomic mass is 35.5. The molecule has 1 nitrogen and oxygen atoms in total. The minimum atomic E-state index is -3.49. The van der Waals surface area contributed by atoms with E-state index in [1.807, 2.05) is 0 Å². The lowest BCUT2D eigenvalue weighted by molar-refractivity contribution is 0.0907. The molecular weight excluding hydrogens is 267 g/mol. The van der Waals surface area contributed by atoms with E-state index in [2.05, 4.69) is 4.98 Å². The quantitative estimate of drug-likeness (QED) is 0.724. The molecule has 17 heavy (non-hydrogen) atoms. The van der Waals surface area contributed by atoms with Crippen LogP contribution in [-0.2, 0) is 5.38 Å². The van der Waals surface area contributed by atoms with Crippen LogP contribution < -0.4 is 0 Å². The van der Waals surface area contributed by atoms with Gasteiger partial charge >= 0.3 is 5.38 Å². The maximum Gasteiger partial charge on any atom is 0.365 e. The summed E-state index contributed by atoms with van der Waals surface area (Å²) in [5.74, 6) is 0. The van der Waals surface area contributed by atoms with Gasteiger partial charge in [0.25, 0.3) is 0 Å². The van der Waals surface area contributed by atoms with Gasteiger partial charge in [-0.1, -0.05) is 29.8 Å². The average molecular weight is 274 g/mol. The summed E-state index contributed by atoms with van der Waals surface area (Å²) in [5.41, 5.74) is 0.436. The Morgan fingerprint density at radius 1 is 1.06 bits per heavy atom. The molecule has 1 aromatic heterocycles. The largest absolute Gasteiger partial charge is 0.365 e. The summed E-state index contributed by atoms with van der Waals surface area (Å²) in [6.45, 7) is 0. The minimum absolute atomic E-state index is 0.296. The van der Waals surface area contributed by atoms with Crippen LogP contribution in [0, 0.1) is 0 Å². The van der Waals surface area contributed by atoms with E-state index in [1.165, 1.54) is 6.20 Å². The lowest BCUT2D eigenvalue weighted by Gasteiger charge is -2.12. The molecule has 0 unspecified atom stereocenters. The molecule has 0 aliphatic heterocycles. The zero-order chi connectivity index (χ0) is 12.5. The van der Waals surface area contributed by atoms with E-state index in [9.17, 15) is 8.78 Å². The summed E-state index contributed by atoms with van der Waals surface area (Å²) in [6.07, 6.45) is 1.28. The standard InChI is InChI=1S/C12H7Cl2F2N/c13-9-5-3-8(4-6-9)10-2-1-7-17-11(10)12(14,15)16/h1-7H. The highest BCUT2D eigenvalue weighted by Crippen LogP contribution is 2.37. The van der Waals surface area contributed by atoms with Crippen molar-refractivity contribution in [3.8, 4) is 11.1 Å². The fraction of sp³-hybridized carbons (Fsp3) is 0.0833. The molecule has 0 spiro atoms. The van der Waals surface area contributed by atoms with Crippen LogP contribution in [0.4, 0.5) is 8.78 Å². The summed E-state index contributed by atoms with van der Waals surface area (Å²) in [4.78, 5) is 3.63. The van der Waals surface area contributed by atoms with Crippen molar-refractivity contribution in [1.82, 2.24) is 4.98 Å². The summed E-state index contributed by atoms with van der Waals surface area (Å²) in [5, 5.41) is -2.95. The Hall–Kier alpha value is -1.19. The van der Waals surface area contributed by atoms with Gasteiger partial charge in [0.05, 0.1) is 0 Å². The van der Waals surface area contributed by atoms with Crippen LogP contribution in [0.5, 0.6) is 0 Å². The van der Waals surface area contributed by atoms with Crippen molar-refractivity contribution in [2.75, 3.05) is 0 Å². The number of pyridine rings is 1. The van der Waals surface area contributed by atoms with Crippen molar-refractivity contribution >= 4 is 23.2 Å². The Bertz CT molecular complexity index is 521. The topological polar surface area (TPSA) is 12.9 Å². The van der Waals surface area contributed by atoms with Gasteiger partial charge in [-0.05, 0) is 35.4 Å². The van der Waals surface area contributed by atoms with E-state index in [0.717, 1.165) is 0 Å². The van der Waals surface area contributed by atoms with E-state index in [1.54, 1.807) is 36.4 Å². The molecular formula is C12H7Cl2F2N. The van der Waals surface area contributed by atoms with Crippen LogP contribution in [0.1, 0.15) is 5.69 Å². The van der Waals surface area contributed by atoms with Crippen molar-refractivity contribution in [3.63, 3.8) is 0 Å². The summed E-state index contributed by atoms with van der Waals surface area (Å²) in [6, 6.07) is 9.66. The van der Waals surface area contributed by atoms with Gasteiger partial charge in [-0.15, -0.1) is 0 Å². The lowest BCUT2D eigenvalue weighted by atomic mass is 10.0. The molecule has 0 atom stereocenters. The van der Waals surface area contributed by atoms with Gasteiger partial charge in [-0.25, -0.2) is 0 Å². The zero-order valence-electron chi connectivity index (χ0n) is 8.50. The second-order valence-corrected chi connectivity index (χ2v) is 4.32. The molecule has 0 saturated heterocycles. The van der Waals surface area contributed by atoms with Gasteiger partial charge in [0.15, 0.2) is 0 Å². The van der Waals surface area contributed by atoms with Gasteiger partial charge < -0.3 is 0 Å². The van der Waals surface area contributed by atoms with Gasteiger partial charge in [0.1, 0.15) is 5.69 Å². The molecule has 0 amide bonds. The molecule has 2 aromatic rings. The number of hydrogen-bond acceptors (Lipinski definition) is 1. The Labute approximate surface area is 107 Å². The normalized spacial score (nSPS) is 11.5. The molecule has 5 heteroatoms. The number of halogens is 4. The summed E-state index contributed by atoms with van der Waals surface area (Å²) in [7, 11) is 0. The molecule has 0 radical (unpaired) electrons. The number of hydrogen-bond donors (Lipinski definition) is 0. The second-order valence-electron chi connectivity index (χ2n) is 3.40. The van der Waals surface area contributed by atoms with Crippen LogP contribution in [0.2, 0.25) is 5.02 Å². The first-order valence-electron chi connectivity index (χ1n) is 4.76. The Morgan fingerprint density at radius 3 is 2.29 bits per heavy atom. The first-order valence-corrected chi connectivity index (χ1v) is 5.52. The van der Waals surface area contributed by atoms with E-state index in [4.69, 9.17) is 23.2 Å². The van der Waals surface area contributed by atoms with Crippen molar-refractivity contribution < 1.29 is 8.78 Å². The number of alkyl halides is 3. The smallest absolute Gasteiger partial charge is 0.253 e. The van der Waals surface area contributed by atoms with Crippen molar-refractivity contribution in [3.05, 3.63) is 53.3 Å². The number of benzene rings is 1. The Morgan fingerprint density at radius 2 is 1.71 bits per heavy atom. The summed E-state index contributed by atoms with van der Waals surface area (Å²) < 4.78 is 26.3. The highest BCUT2D eigenvalue weighted by Gasteiger charge is 2.32. The maximum absolute atomic E-state index is 13.2. The third-order valence-corrected chi connectivity index (χ3v) is 2.66. The molecule has 0 saturated carbocycles. The van der Waals surface area contributed by atoms with Crippen molar-refractivity contribution in [2.24, 2.45) is 0 Å². The molecule has 0 aliphatic carbocycles. The fourth-order valence-electron chi connectivity index (χ4n) is 1.49. The Kier molecular flexibility index (Phi) is 3.31. The Balaban J connectivity index is 2.56. The minimum Gasteiger partial charge on any atom is -0.253 e. The third-order valence-electron chi connectivity index (χ3n) is 2.23. The monoisotopic (exact) mass is 273 g/mol. The average Bonchev–Trinajstić information content (AvgIpc) is 2.29. The first kappa shape index (κ1) is 12.3. The molecule has 1 aromatic carbocycles. The van der Waals surface area contributed by atoms with Crippen molar-refractivity contribution in [2.45, 2.75) is 5.38 Å². The van der Waals surface area contributed by atoms with E-state index >= 15 is 0 Å². The van der Waals surface area contributed by atoms with Crippen LogP contribution >= 0.6 is 23.2 Å². The van der Waals surface area contributed by atoms with Gasteiger partial charge in [0.2, 0.25) is 0 Å². The van der Waals surface area contributed by atoms with Gasteiger partial charge in [-0.2, -0.15) is 8.78 Å². The first-order chi connectivity index (χ1) is 7.98. The highest BCUT2D eigenvalue weighted by molar-refractivity contribution is 6.30. The summed E-state index contributed by atoms with van der Waals surface area (Å²) >= 11 is 10.8. The molecule has 2 rings (SSSR count). The number of aromatic nitrogens is 1. The molecule has 0 bridgehead atoms. The molecule has 0 fully saturated rings. The predicted molar refractivity (Wildman–Crippen MR) is 64.4 cm³/mol. The molecule has 88 valence electrons. The van der Waals surface area contributed by atoms with Crippen molar-refractivity contribution in [1.29, 1.82) is 0 Å². The number of rotatable bonds is 2. The fourth-order valence-corrected chi connectivity index (χ4v) is 1.77. The van der Waals surface area contributed by atoms with Crippen LogP contribution in [0.15, 0.2) is 42.6 Å². The van der Waals surface area contributed by atoms with E-state index in [0.29, 0.717) is 16.1 Å². The lowest BCUT2D eigenvalue weighted by Crippen LogP contribution is -2.08. The van der Waals surface area contributed by atoms with E-state index in [-0.39, 0.29) is 0 Å².